The molecule has 2 aromatic carbocycles. The highest BCUT2D eigenvalue weighted by molar-refractivity contribution is 5.97. The molecule has 3 aromatic rings. The van der Waals surface area contributed by atoms with Gasteiger partial charge in [-0.25, -0.2) is 0 Å². The fraction of sp³-hybridized carbons (Fsp3) is 0.304. The van der Waals surface area contributed by atoms with Crippen LogP contribution in [0.3, 0.4) is 0 Å². The van der Waals surface area contributed by atoms with Crippen molar-refractivity contribution in [1.29, 1.82) is 0 Å². The van der Waals surface area contributed by atoms with Crippen molar-refractivity contribution in [3.63, 3.8) is 0 Å². The topological polar surface area (TPSA) is 62.4 Å². The molecule has 144 valence electrons. The molecule has 5 nitrogen and oxygen atoms in total. The summed E-state index contributed by atoms with van der Waals surface area (Å²) in [6, 6.07) is 15.4. The van der Waals surface area contributed by atoms with Crippen molar-refractivity contribution in [3.05, 3.63) is 75.6 Å². The lowest BCUT2D eigenvalue weighted by atomic mass is 10.0. The van der Waals surface area contributed by atoms with Crippen LogP contribution < -0.4 is 10.3 Å². The van der Waals surface area contributed by atoms with E-state index >= 15 is 0 Å². The molecule has 1 amide bonds. The highest BCUT2D eigenvalue weighted by Crippen LogP contribution is 2.21. The van der Waals surface area contributed by atoms with Crippen molar-refractivity contribution in [3.8, 4) is 5.75 Å². The minimum absolute atomic E-state index is 0.0656. The molecule has 1 aliphatic rings. The molecular weight excluding hydrogens is 352 g/mol. The van der Waals surface area contributed by atoms with Crippen LogP contribution in [-0.4, -0.2) is 35.0 Å². The Kier molecular flexibility index (Phi) is 4.90. The van der Waals surface area contributed by atoms with Crippen molar-refractivity contribution in [1.82, 2.24) is 9.88 Å². The van der Waals surface area contributed by atoms with E-state index < -0.39 is 0 Å². The van der Waals surface area contributed by atoms with Crippen molar-refractivity contribution in [2.45, 2.75) is 32.8 Å². The number of pyridine rings is 1. The maximum Gasteiger partial charge on any atom is 0.261 e. The molecule has 1 fully saturated rings. The number of benzene rings is 2. The number of para-hydroxylation sites is 1. The summed E-state index contributed by atoms with van der Waals surface area (Å²) in [5, 5.41) is 0.884. The predicted molar refractivity (Wildman–Crippen MR) is 110 cm³/mol. The Balaban J connectivity index is 1.58. The number of H-pyrrole nitrogens is 1. The molecule has 0 bridgehead atoms. The molecule has 1 aromatic heterocycles. The molecule has 1 atom stereocenters. The number of amides is 1. The zero-order chi connectivity index (χ0) is 19.7. The van der Waals surface area contributed by atoms with Crippen molar-refractivity contribution in [2.75, 3.05) is 13.1 Å². The summed E-state index contributed by atoms with van der Waals surface area (Å²) in [5.74, 6) is 0.569. The highest BCUT2D eigenvalue weighted by Gasteiger charge is 2.27. The number of hydrogen-bond acceptors (Lipinski definition) is 3. The van der Waals surface area contributed by atoms with Gasteiger partial charge in [-0.15, -0.1) is 0 Å². The lowest BCUT2D eigenvalue weighted by Gasteiger charge is -2.32. The summed E-state index contributed by atoms with van der Waals surface area (Å²) in [7, 11) is 0. The van der Waals surface area contributed by atoms with E-state index in [-0.39, 0.29) is 23.1 Å². The number of ether oxygens (including phenoxy) is 1. The third kappa shape index (κ3) is 3.65. The molecular formula is C23H24N2O3. The van der Waals surface area contributed by atoms with Gasteiger partial charge >= 0.3 is 0 Å². The molecule has 0 aliphatic carbocycles. The number of fused-ring (bicyclic) bond motifs is 1. The van der Waals surface area contributed by atoms with Crippen molar-refractivity contribution < 1.29 is 9.53 Å². The number of likely N-dealkylation sites (tertiary alicyclic amines) is 1. The first-order valence-electron chi connectivity index (χ1n) is 9.66. The molecule has 1 unspecified atom stereocenters. The Labute approximate surface area is 163 Å². The fourth-order valence-corrected chi connectivity index (χ4v) is 3.93. The van der Waals surface area contributed by atoms with Crippen LogP contribution in [-0.2, 0) is 0 Å². The second-order valence-electron chi connectivity index (χ2n) is 7.50. The number of carbonyl (C=O) groups is 1. The van der Waals surface area contributed by atoms with Gasteiger partial charge in [-0.2, -0.15) is 0 Å². The zero-order valence-corrected chi connectivity index (χ0v) is 16.2. The quantitative estimate of drug-likeness (QED) is 0.756. The molecule has 0 spiro atoms. The van der Waals surface area contributed by atoms with Crippen LogP contribution >= 0.6 is 0 Å². The van der Waals surface area contributed by atoms with E-state index in [9.17, 15) is 9.59 Å². The average Bonchev–Trinajstić information content (AvgIpc) is 2.69. The summed E-state index contributed by atoms with van der Waals surface area (Å²) < 4.78 is 6.02. The molecule has 2 heterocycles. The third-order valence-corrected chi connectivity index (χ3v) is 5.24. The number of hydrogen-bond donors (Lipinski definition) is 1. The Bertz CT molecular complexity index is 1070. The summed E-state index contributed by atoms with van der Waals surface area (Å²) >= 11 is 0. The number of nitrogens with one attached hydrogen (secondary N) is 1. The lowest BCUT2D eigenvalue weighted by molar-refractivity contribution is 0.0536. The number of piperidine rings is 1. The van der Waals surface area contributed by atoms with Crippen LogP contribution in [0.2, 0.25) is 0 Å². The Morgan fingerprint density at radius 1 is 1.14 bits per heavy atom. The number of aromatic nitrogens is 1. The van der Waals surface area contributed by atoms with Crippen LogP contribution in [0.1, 0.15) is 34.3 Å². The minimum Gasteiger partial charge on any atom is -0.489 e. The van der Waals surface area contributed by atoms with Gasteiger partial charge in [0, 0.05) is 6.54 Å². The fourth-order valence-electron chi connectivity index (χ4n) is 3.93. The van der Waals surface area contributed by atoms with Gasteiger partial charge in [0.1, 0.15) is 17.4 Å². The molecule has 0 radical (unpaired) electrons. The molecule has 4 rings (SSSR count). The maximum absolute atomic E-state index is 13.1. The molecule has 28 heavy (non-hydrogen) atoms. The largest absolute Gasteiger partial charge is 0.489 e. The molecule has 1 saturated heterocycles. The maximum atomic E-state index is 13.1. The first-order valence-corrected chi connectivity index (χ1v) is 9.66. The number of aryl methyl sites for hydroxylation is 2. The van der Waals surface area contributed by atoms with E-state index in [1.807, 2.05) is 56.3 Å². The first kappa shape index (κ1) is 18.3. The van der Waals surface area contributed by atoms with Gasteiger partial charge in [0.25, 0.3) is 11.5 Å². The van der Waals surface area contributed by atoms with E-state index in [1.54, 1.807) is 11.0 Å². The molecule has 1 N–H and O–H groups in total. The number of carbonyl (C=O) groups excluding carboxylic acids is 1. The van der Waals surface area contributed by atoms with Crippen molar-refractivity contribution in [2.24, 2.45) is 0 Å². The monoisotopic (exact) mass is 376 g/mol. The van der Waals surface area contributed by atoms with Crippen LogP contribution in [0.15, 0.2) is 53.3 Å². The van der Waals surface area contributed by atoms with Gasteiger partial charge in [-0.1, -0.05) is 29.8 Å². The number of aromatic amines is 1. The first-order chi connectivity index (χ1) is 13.5. The second-order valence-corrected chi connectivity index (χ2v) is 7.50. The van der Waals surface area contributed by atoms with Gasteiger partial charge in [0.05, 0.1) is 12.1 Å². The summed E-state index contributed by atoms with van der Waals surface area (Å²) in [5.41, 5.74) is 2.75. The van der Waals surface area contributed by atoms with Gasteiger partial charge in [0.2, 0.25) is 0 Å². The third-order valence-electron chi connectivity index (χ3n) is 5.24. The minimum atomic E-state index is -0.337. The SMILES string of the molecule is Cc1cc(C)c2[nH]c(=O)c(C(=O)N3CCCC(Oc4ccccc4)C3)cc2c1. The van der Waals surface area contributed by atoms with Gasteiger partial charge in [-0.3, -0.25) is 9.59 Å². The van der Waals surface area contributed by atoms with Crippen LogP contribution in [0.5, 0.6) is 5.75 Å². The van der Waals surface area contributed by atoms with Crippen LogP contribution in [0.25, 0.3) is 10.9 Å². The normalized spacial score (nSPS) is 16.9. The molecule has 0 saturated carbocycles. The Hall–Kier alpha value is -3.08. The molecule has 1 aliphatic heterocycles. The van der Waals surface area contributed by atoms with E-state index in [0.29, 0.717) is 13.1 Å². The smallest absolute Gasteiger partial charge is 0.261 e. The van der Waals surface area contributed by atoms with Crippen molar-refractivity contribution >= 4 is 16.8 Å². The van der Waals surface area contributed by atoms with Gasteiger partial charge in [-0.05, 0) is 61.9 Å². The van der Waals surface area contributed by atoms with E-state index in [2.05, 4.69) is 4.98 Å². The van der Waals surface area contributed by atoms with E-state index in [0.717, 1.165) is 40.6 Å². The van der Waals surface area contributed by atoms with Crippen LogP contribution in [0.4, 0.5) is 0 Å². The summed E-state index contributed by atoms with van der Waals surface area (Å²) in [6.07, 6.45) is 1.68. The summed E-state index contributed by atoms with van der Waals surface area (Å²) in [4.78, 5) is 30.3. The van der Waals surface area contributed by atoms with Gasteiger partial charge in [0.15, 0.2) is 0 Å². The number of rotatable bonds is 3. The second kappa shape index (κ2) is 7.50. The summed E-state index contributed by atoms with van der Waals surface area (Å²) in [6.45, 7) is 5.09. The average molecular weight is 376 g/mol. The van der Waals surface area contributed by atoms with E-state index in [4.69, 9.17) is 4.74 Å². The predicted octanol–water partition coefficient (Wildman–Crippen LogP) is 3.83. The Morgan fingerprint density at radius 2 is 1.93 bits per heavy atom. The zero-order valence-electron chi connectivity index (χ0n) is 16.2. The van der Waals surface area contributed by atoms with E-state index in [1.165, 1.54) is 0 Å². The standard InChI is InChI=1S/C23H24N2O3/c1-15-11-16(2)21-17(12-15)13-20(22(26)24-21)23(27)25-10-6-9-19(14-25)28-18-7-4-3-5-8-18/h3-5,7-8,11-13,19H,6,9-10,14H2,1-2H3,(H,24,26). The lowest BCUT2D eigenvalue weighted by Crippen LogP contribution is -2.45. The highest BCUT2D eigenvalue weighted by atomic mass is 16.5. The molecule has 5 heteroatoms. The number of nitrogens with zero attached hydrogens (tertiary/aromatic N) is 1. The van der Waals surface area contributed by atoms with Gasteiger partial charge < -0.3 is 14.6 Å². The Morgan fingerprint density at radius 3 is 2.71 bits per heavy atom. The van der Waals surface area contributed by atoms with Crippen LogP contribution in [0, 0.1) is 13.8 Å².